The molecular weight excluding hydrogens is 340 g/mol. The molecule has 1 spiro atoms. The van der Waals surface area contributed by atoms with E-state index in [0.29, 0.717) is 25.9 Å². The molecule has 0 radical (unpaired) electrons. The first kappa shape index (κ1) is 17.6. The van der Waals surface area contributed by atoms with Crippen LogP contribution in [0.15, 0.2) is 54.6 Å². The summed E-state index contributed by atoms with van der Waals surface area (Å²) in [4.78, 5) is 26.1. The first-order chi connectivity index (χ1) is 13.1. The summed E-state index contributed by atoms with van der Waals surface area (Å²) in [5.41, 5.74) is 2.92. The van der Waals surface area contributed by atoms with E-state index in [1.54, 1.807) is 0 Å². The second kappa shape index (κ2) is 7.43. The predicted octanol–water partition coefficient (Wildman–Crippen LogP) is 3.39. The van der Waals surface area contributed by atoms with Crippen molar-refractivity contribution >= 4 is 12.0 Å². The van der Waals surface area contributed by atoms with Gasteiger partial charge in [0.15, 0.2) is 0 Å². The highest BCUT2D eigenvalue weighted by Crippen LogP contribution is 2.29. The SMILES string of the molecule is O=C1NC[C@@]2(CCCN(C(=O)Cc3ccc(-c4ccccc4)cc3)CC2)O1. The number of carbonyl (C=O) groups excluding carboxylic acids is 2. The molecule has 1 atom stereocenters. The van der Waals surface area contributed by atoms with Gasteiger partial charge in [0.2, 0.25) is 5.91 Å². The van der Waals surface area contributed by atoms with Crippen LogP contribution in [-0.4, -0.2) is 42.1 Å². The van der Waals surface area contributed by atoms with Gasteiger partial charge < -0.3 is 15.0 Å². The van der Waals surface area contributed by atoms with Crippen molar-refractivity contribution in [3.05, 3.63) is 60.2 Å². The van der Waals surface area contributed by atoms with Gasteiger partial charge in [0.25, 0.3) is 0 Å². The lowest BCUT2D eigenvalue weighted by Gasteiger charge is -2.25. The van der Waals surface area contributed by atoms with Gasteiger partial charge >= 0.3 is 6.09 Å². The molecule has 2 saturated heterocycles. The van der Waals surface area contributed by atoms with E-state index in [1.165, 1.54) is 5.56 Å². The van der Waals surface area contributed by atoms with E-state index in [1.807, 2.05) is 35.2 Å². The quantitative estimate of drug-likeness (QED) is 0.908. The van der Waals surface area contributed by atoms with Crippen molar-refractivity contribution in [2.45, 2.75) is 31.3 Å². The van der Waals surface area contributed by atoms with Crippen molar-refractivity contribution < 1.29 is 14.3 Å². The van der Waals surface area contributed by atoms with E-state index >= 15 is 0 Å². The Kier molecular flexibility index (Phi) is 4.84. The molecule has 2 aromatic carbocycles. The number of likely N-dealkylation sites (tertiary alicyclic amines) is 1. The van der Waals surface area contributed by atoms with Crippen LogP contribution in [-0.2, 0) is 16.0 Å². The molecule has 2 fully saturated rings. The Morgan fingerprint density at radius 2 is 1.74 bits per heavy atom. The Labute approximate surface area is 159 Å². The van der Waals surface area contributed by atoms with Gasteiger partial charge in [0.1, 0.15) is 5.60 Å². The van der Waals surface area contributed by atoms with Gasteiger partial charge in [-0.2, -0.15) is 0 Å². The first-order valence-corrected chi connectivity index (χ1v) is 9.53. The van der Waals surface area contributed by atoms with Gasteiger partial charge in [0.05, 0.1) is 13.0 Å². The first-order valence-electron chi connectivity index (χ1n) is 9.53. The van der Waals surface area contributed by atoms with Gasteiger partial charge in [-0.3, -0.25) is 4.79 Å². The summed E-state index contributed by atoms with van der Waals surface area (Å²) >= 11 is 0. The smallest absolute Gasteiger partial charge is 0.407 e. The molecular formula is C22H24N2O3. The Bertz CT molecular complexity index is 819. The van der Waals surface area contributed by atoms with Crippen molar-refractivity contribution in [1.29, 1.82) is 0 Å². The molecule has 0 bridgehead atoms. The number of alkyl carbamates (subject to hydrolysis) is 1. The molecule has 27 heavy (non-hydrogen) atoms. The van der Waals surface area contributed by atoms with Crippen LogP contribution in [0.3, 0.4) is 0 Å². The number of benzene rings is 2. The maximum Gasteiger partial charge on any atom is 0.407 e. The lowest BCUT2D eigenvalue weighted by Crippen LogP contribution is -2.37. The van der Waals surface area contributed by atoms with E-state index in [9.17, 15) is 9.59 Å². The summed E-state index contributed by atoms with van der Waals surface area (Å²) < 4.78 is 5.48. The molecule has 2 amide bonds. The normalized spacial score (nSPS) is 22.2. The van der Waals surface area contributed by atoms with Gasteiger partial charge in [-0.15, -0.1) is 0 Å². The number of nitrogens with zero attached hydrogens (tertiary/aromatic N) is 1. The van der Waals surface area contributed by atoms with Crippen LogP contribution in [0.2, 0.25) is 0 Å². The molecule has 0 aromatic heterocycles. The fourth-order valence-corrected chi connectivity index (χ4v) is 3.93. The van der Waals surface area contributed by atoms with E-state index in [-0.39, 0.29) is 12.0 Å². The predicted molar refractivity (Wildman–Crippen MR) is 103 cm³/mol. The second-order valence-corrected chi connectivity index (χ2v) is 7.40. The minimum Gasteiger partial charge on any atom is -0.441 e. The highest BCUT2D eigenvalue weighted by Gasteiger charge is 2.41. The van der Waals surface area contributed by atoms with Crippen LogP contribution in [0.5, 0.6) is 0 Å². The van der Waals surface area contributed by atoms with Gasteiger partial charge in [-0.1, -0.05) is 54.6 Å². The fraction of sp³-hybridized carbons (Fsp3) is 0.364. The summed E-state index contributed by atoms with van der Waals surface area (Å²) in [6.45, 7) is 1.91. The van der Waals surface area contributed by atoms with E-state index in [2.05, 4.69) is 29.6 Å². The van der Waals surface area contributed by atoms with E-state index in [0.717, 1.165) is 30.5 Å². The molecule has 140 valence electrons. The number of hydrogen-bond donors (Lipinski definition) is 1. The standard InChI is InChI=1S/C22H24N2O3/c25-20(24-13-4-11-22(12-14-24)16-23-21(26)27-22)15-17-7-9-19(10-8-17)18-5-2-1-3-6-18/h1-3,5-10H,4,11-16H2,(H,23,26)/t22-/m0/s1. The third kappa shape index (κ3) is 3.97. The highest BCUT2D eigenvalue weighted by atomic mass is 16.6. The van der Waals surface area contributed by atoms with Crippen LogP contribution < -0.4 is 5.32 Å². The van der Waals surface area contributed by atoms with Crippen molar-refractivity contribution in [2.24, 2.45) is 0 Å². The monoisotopic (exact) mass is 364 g/mol. The molecule has 0 aliphatic carbocycles. The van der Waals surface area contributed by atoms with Gasteiger partial charge in [-0.25, -0.2) is 4.79 Å². The van der Waals surface area contributed by atoms with Crippen LogP contribution >= 0.6 is 0 Å². The summed E-state index contributed by atoms with van der Waals surface area (Å²) in [7, 11) is 0. The minimum atomic E-state index is -0.427. The summed E-state index contributed by atoms with van der Waals surface area (Å²) in [6.07, 6.45) is 2.42. The fourth-order valence-electron chi connectivity index (χ4n) is 3.93. The molecule has 2 aliphatic rings. The van der Waals surface area contributed by atoms with Crippen molar-refractivity contribution in [1.82, 2.24) is 10.2 Å². The number of hydrogen-bond acceptors (Lipinski definition) is 3. The Hall–Kier alpha value is -2.82. The number of amides is 2. The third-order valence-corrected chi connectivity index (χ3v) is 5.53. The average molecular weight is 364 g/mol. The Morgan fingerprint density at radius 3 is 2.44 bits per heavy atom. The van der Waals surface area contributed by atoms with Gasteiger partial charge in [0, 0.05) is 19.5 Å². The van der Waals surface area contributed by atoms with Crippen LogP contribution in [0, 0.1) is 0 Å². The molecule has 5 nitrogen and oxygen atoms in total. The minimum absolute atomic E-state index is 0.136. The lowest BCUT2D eigenvalue weighted by molar-refractivity contribution is -0.130. The van der Waals surface area contributed by atoms with Crippen LogP contribution in [0.1, 0.15) is 24.8 Å². The summed E-state index contributed by atoms with van der Waals surface area (Å²) in [5, 5.41) is 2.75. The lowest BCUT2D eigenvalue weighted by atomic mass is 9.95. The number of carbonyl (C=O) groups is 2. The number of rotatable bonds is 3. The Morgan fingerprint density at radius 1 is 1.00 bits per heavy atom. The summed E-state index contributed by atoms with van der Waals surface area (Å²) in [6, 6.07) is 18.4. The molecule has 2 aromatic rings. The molecule has 4 rings (SSSR count). The average Bonchev–Trinajstić information content (AvgIpc) is 2.93. The van der Waals surface area contributed by atoms with Crippen molar-refractivity contribution in [3.63, 3.8) is 0 Å². The molecule has 2 heterocycles. The van der Waals surface area contributed by atoms with Crippen LogP contribution in [0.4, 0.5) is 4.79 Å². The molecule has 0 unspecified atom stereocenters. The third-order valence-electron chi connectivity index (χ3n) is 5.53. The number of nitrogens with one attached hydrogen (secondary N) is 1. The zero-order chi connectivity index (χ0) is 18.7. The molecule has 0 saturated carbocycles. The van der Waals surface area contributed by atoms with Crippen molar-refractivity contribution in [3.8, 4) is 11.1 Å². The molecule has 5 heteroatoms. The largest absolute Gasteiger partial charge is 0.441 e. The molecule has 1 N–H and O–H groups in total. The van der Waals surface area contributed by atoms with Crippen LogP contribution in [0.25, 0.3) is 11.1 Å². The Balaban J connectivity index is 1.37. The zero-order valence-corrected chi connectivity index (χ0v) is 15.3. The maximum absolute atomic E-state index is 12.7. The maximum atomic E-state index is 12.7. The zero-order valence-electron chi connectivity index (χ0n) is 15.3. The molecule has 2 aliphatic heterocycles. The highest BCUT2D eigenvalue weighted by molar-refractivity contribution is 5.79. The van der Waals surface area contributed by atoms with Crippen molar-refractivity contribution in [2.75, 3.05) is 19.6 Å². The van der Waals surface area contributed by atoms with E-state index < -0.39 is 5.60 Å². The second-order valence-electron chi connectivity index (χ2n) is 7.40. The topological polar surface area (TPSA) is 58.6 Å². The van der Waals surface area contributed by atoms with Gasteiger partial charge in [-0.05, 0) is 29.5 Å². The van der Waals surface area contributed by atoms with E-state index in [4.69, 9.17) is 4.74 Å². The number of ether oxygens (including phenoxy) is 1. The summed E-state index contributed by atoms with van der Waals surface area (Å²) in [5.74, 6) is 0.136.